The van der Waals surface area contributed by atoms with Gasteiger partial charge in [0.15, 0.2) is 11.1 Å². The van der Waals surface area contributed by atoms with Crippen LogP contribution in [0.2, 0.25) is 0 Å². The molecular formula is C33H33NO7S2. The zero-order valence-corrected chi connectivity index (χ0v) is 25.5. The molecule has 0 aliphatic rings. The number of aryl methyl sites for hydroxylation is 1. The molecule has 0 saturated heterocycles. The smallest absolute Gasteiger partial charge is 0.352 e. The predicted octanol–water partition coefficient (Wildman–Crippen LogP) is 6.85. The maximum Gasteiger partial charge on any atom is 0.352 e. The number of carbonyl (C=O) groups is 2. The van der Waals surface area contributed by atoms with Crippen LogP contribution in [0.5, 0.6) is 0 Å². The van der Waals surface area contributed by atoms with Gasteiger partial charge in [-0.1, -0.05) is 67.6 Å². The molecule has 3 N–H and O–H groups in total. The van der Waals surface area contributed by atoms with Crippen molar-refractivity contribution < 1.29 is 32.6 Å². The van der Waals surface area contributed by atoms with Gasteiger partial charge in [-0.2, -0.15) is 11.8 Å². The van der Waals surface area contributed by atoms with Gasteiger partial charge in [-0.05, 0) is 65.3 Å². The first kappa shape index (κ1) is 32.0. The summed E-state index contributed by atoms with van der Waals surface area (Å²) in [5.41, 5.74) is 3.94. The number of carbonyl (C=O) groups excluding carboxylic acids is 1. The third-order valence-electron chi connectivity index (χ3n) is 6.60. The number of amides is 1. The van der Waals surface area contributed by atoms with Crippen LogP contribution < -0.4 is 5.32 Å². The van der Waals surface area contributed by atoms with E-state index in [4.69, 9.17) is 13.7 Å². The first-order chi connectivity index (χ1) is 20.8. The van der Waals surface area contributed by atoms with E-state index in [0.717, 1.165) is 45.6 Å². The number of ether oxygens (including phenoxy) is 1. The molecule has 3 aromatic carbocycles. The van der Waals surface area contributed by atoms with Gasteiger partial charge in [0.25, 0.3) is 5.91 Å². The monoisotopic (exact) mass is 619 g/mol. The number of thioether (sulfide) groups is 1. The van der Waals surface area contributed by atoms with Gasteiger partial charge in [-0.25, -0.2) is 9.00 Å². The molecule has 0 fully saturated rings. The minimum Gasteiger partial charge on any atom is -0.477 e. The Morgan fingerprint density at radius 1 is 1.02 bits per heavy atom. The molecule has 4 aromatic rings. The van der Waals surface area contributed by atoms with Crippen molar-refractivity contribution in [1.82, 2.24) is 5.32 Å². The maximum absolute atomic E-state index is 13.3. The van der Waals surface area contributed by atoms with E-state index in [1.165, 1.54) is 0 Å². The largest absolute Gasteiger partial charge is 0.477 e. The Bertz CT molecular complexity index is 1610. The Labute approximate surface area is 257 Å². The van der Waals surface area contributed by atoms with E-state index >= 15 is 0 Å². The fourth-order valence-corrected chi connectivity index (χ4v) is 5.45. The Kier molecular flexibility index (Phi) is 11.5. The van der Waals surface area contributed by atoms with E-state index in [2.05, 4.69) is 12.2 Å². The van der Waals surface area contributed by atoms with Crippen LogP contribution in [0.25, 0.3) is 22.5 Å². The molecule has 0 saturated carbocycles. The number of carboxylic acids is 1. The molecule has 0 spiro atoms. The molecule has 0 aliphatic carbocycles. The molecule has 10 heteroatoms. The Morgan fingerprint density at radius 3 is 2.47 bits per heavy atom. The van der Waals surface area contributed by atoms with Crippen molar-refractivity contribution in [2.45, 2.75) is 26.6 Å². The Hall–Kier alpha value is -3.96. The van der Waals surface area contributed by atoms with Crippen LogP contribution in [-0.2, 0) is 27.2 Å². The van der Waals surface area contributed by atoms with Crippen molar-refractivity contribution >= 4 is 34.7 Å². The first-order valence-corrected chi connectivity index (χ1v) is 16.1. The lowest BCUT2D eigenvalue weighted by Gasteiger charge is -2.18. The van der Waals surface area contributed by atoms with Gasteiger partial charge in [0.05, 0.1) is 12.4 Å². The number of hydrogen-bond acceptors (Lipinski definition) is 6. The lowest BCUT2D eigenvalue weighted by Crippen LogP contribution is -2.28. The van der Waals surface area contributed by atoms with Gasteiger partial charge >= 0.3 is 5.97 Å². The van der Waals surface area contributed by atoms with Crippen LogP contribution in [0, 0.1) is 6.92 Å². The fourth-order valence-electron chi connectivity index (χ4n) is 4.43. The molecule has 1 amide bonds. The second-order valence-corrected chi connectivity index (χ2v) is 11.9. The van der Waals surface area contributed by atoms with Crippen LogP contribution in [-0.4, -0.2) is 43.0 Å². The molecular weight excluding hydrogens is 586 g/mol. The third kappa shape index (κ3) is 8.77. The molecule has 1 heterocycles. The normalized spacial score (nSPS) is 13.0. The summed E-state index contributed by atoms with van der Waals surface area (Å²) in [6, 6.07) is 26.6. The summed E-state index contributed by atoms with van der Waals surface area (Å²) in [5.74, 6) is 0.633. The van der Waals surface area contributed by atoms with E-state index in [-0.39, 0.29) is 18.3 Å². The van der Waals surface area contributed by atoms with Crippen molar-refractivity contribution in [1.29, 1.82) is 0 Å². The number of aliphatic carboxylic acids is 1. The molecule has 43 heavy (non-hydrogen) atoms. The number of rotatable bonds is 14. The highest BCUT2D eigenvalue weighted by Crippen LogP contribution is 2.32. The average molecular weight is 620 g/mol. The quantitative estimate of drug-likeness (QED) is 0.103. The van der Waals surface area contributed by atoms with E-state index in [1.54, 1.807) is 23.9 Å². The second-order valence-electron chi connectivity index (χ2n) is 9.59. The van der Waals surface area contributed by atoms with Crippen LogP contribution >= 0.6 is 11.8 Å². The number of furan rings is 1. The maximum atomic E-state index is 13.3. The fraction of sp³-hybridized carbons (Fsp3) is 0.212. The standard InChI is InChI=1S/C33H33NO7S2/c1-3-42-21-31(30-16-15-29(41-30)24-10-5-4-6-11-24)40-20-23-13-14-26(27(19-23)25-12-8-7-9-22(25)2)32(35)34-28(33(36)37)17-18-43(38)39/h4-17,19,31H,3,18,20-21H2,1-2H3,(H,34,35)(H,36,37)(H,38,39). The van der Waals surface area contributed by atoms with Crippen molar-refractivity contribution in [2.24, 2.45) is 0 Å². The van der Waals surface area contributed by atoms with Crippen molar-refractivity contribution in [3.63, 3.8) is 0 Å². The highest BCUT2D eigenvalue weighted by molar-refractivity contribution is 7.99. The topological polar surface area (TPSA) is 126 Å². The van der Waals surface area contributed by atoms with Crippen LogP contribution in [0.1, 0.15) is 40.3 Å². The molecule has 1 aromatic heterocycles. The second kappa shape index (κ2) is 15.5. The molecule has 4 rings (SSSR count). The van der Waals surface area contributed by atoms with Gasteiger partial charge in [0, 0.05) is 16.9 Å². The molecule has 0 aliphatic heterocycles. The van der Waals surface area contributed by atoms with Crippen molar-refractivity contribution in [3.8, 4) is 22.5 Å². The third-order valence-corrected chi connectivity index (χ3v) is 8.00. The number of nitrogens with one attached hydrogen (secondary N) is 1. The summed E-state index contributed by atoms with van der Waals surface area (Å²) in [7, 11) is 0. The Morgan fingerprint density at radius 2 is 1.77 bits per heavy atom. The van der Waals surface area contributed by atoms with E-state index in [0.29, 0.717) is 11.3 Å². The van der Waals surface area contributed by atoms with Gasteiger partial charge in [0.1, 0.15) is 23.3 Å². The summed E-state index contributed by atoms with van der Waals surface area (Å²) in [6.07, 6.45) is 0.714. The van der Waals surface area contributed by atoms with Gasteiger partial charge in [-0.15, -0.1) is 0 Å². The van der Waals surface area contributed by atoms with Gasteiger partial charge < -0.3 is 24.1 Å². The zero-order valence-electron chi connectivity index (χ0n) is 23.8. The molecule has 8 nitrogen and oxygen atoms in total. The summed E-state index contributed by atoms with van der Waals surface area (Å²) in [4.78, 5) is 25.0. The molecule has 224 valence electrons. The number of hydrogen-bond donors (Lipinski definition) is 3. The molecule has 2 unspecified atom stereocenters. The summed E-state index contributed by atoms with van der Waals surface area (Å²) in [5, 5.41) is 11.9. The summed E-state index contributed by atoms with van der Waals surface area (Å²) < 4.78 is 32.7. The van der Waals surface area contributed by atoms with Crippen LogP contribution in [0.15, 0.2) is 101 Å². The lowest BCUT2D eigenvalue weighted by molar-refractivity contribution is -0.133. The summed E-state index contributed by atoms with van der Waals surface area (Å²) >= 11 is -0.499. The predicted molar refractivity (Wildman–Crippen MR) is 170 cm³/mol. The summed E-state index contributed by atoms with van der Waals surface area (Å²) in [6.45, 7) is 4.27. The van der Waals surface area contributed by atoms with E-state index in [1.807, 2.05) is 79.7 Å². The number of carboxylic acid groups (broad SMARTS) is 1. The minimum absolute atomic E-state index is 0.250. The van der Waals surface area contributed by atoms with E-state index in [9.17, 15) is 18.9 Å². The van der Waals surface area contributed by atoms with Crippen LogP contribution in [0.3, 0.4) is 0 Å². The molecule has 0 bridgehead atoms. The highest BCUT2D eigenvalue weighted by Gasteiger charge is 2.21. The van der Waals surface area contributed by atoms with Crippen molar-refractivity contribution in [2.75, 3.05) is 17.3 Å². The van der Waals surface area contributed by atoms with Crippen molar-refractivity contribution in [3.05, 3.63) is 119 Å². The number of benzene rings is 3. The SMILES string of the molecule is CCSCC(OCc1ccc(C(=O)NC(=CCS(=O)O)C(=O)O)c(-c2ccccc2C)c1)c1ccc(-c2ccccc2)o1. The molecule has 0 radical (unpaired) electrons. The first-order valence-electron chi connectivity index (χ1n) is 13.6. The minimum atomic E-state index is -2.25. The Balaban J connectivity index is 1.61. The average Bonchev–Trinajstić information content (AvgIpc) is 3.50. The molecule has 2 atom stereocenters. The highest BCUT2D eigenvalue weighted by atomic mass is 32.2. The zero-order chi connectivity index (χ0) is 30.8. The van der Waals surface area contributed by atoms with Gasteiger partial charge in [-0.3, -0.25) is 4.79 Å². The van der Waals surface area contributed by atoms with Crippen LogP contribution in [0.4, 0.5) is 0 Å². The lowest BCUT2D eigenvalue weighted by atomic mass is 9.94. The van der Waals surface area contributed by atoms with E-state index < -0.39 is 34.4 Å². The van der Waals surface area contributed by atoms with Gasteiger partial charge in [0.2, 0.25) is 0 Å².